The van der Waals surface area contributed by atoms with Crippen molar-refractivity contribution in [1.29, 1.82) is 0 Å². The standard InChI is InChI=1S/C13H20O5/c1-5-6-8-11-12(18-13(2,3)17-11)9(16-8)7-10(14)15-4/h5,8-9,11-12H,1,6-7H2,2-4H3/t8-,9+,11-,12+/m0/s1. The van der Waals surface area contributed by atoms with Crippen molar-refractivity contribution in [2.24, 2.45) is 0 Å². The first-order valence-electron chi connectivity index (χ1n) is 6.15. The van der Waals surface area contributed by atoms with Crippen LogP contribution in [-0.2, 0) is 23.7 Å². The van der Waals surface area contributed by atoms with Crippen LogP contribution in [-0.4, -0.2) is 43.3 Å². The van der Waals surface area contributed by atoms with Crippen molar-refractivity contribution in [3.8, 4) is 0 Å². The van der Waals surface area contributed by atoms with Gasteiger partial charge in [0.05, 0.1) is 25.7 Å². The molecule has 2 fully saturated rings. The summed E-state index contributed by atoms with van der Waals surface area (Å²) >= 11 is 0. The zero-order valence-electron chi connectivity index (χ0n) is 11.0. The zero-order chi connectivity index (χ0) is 13.3. The molecule has 0 aromatic carbocycles. The molecule has 0 bridgehead atoms. The summed E-state index contributed by atoms with van der Waals surface area (Å²) < 4.78 is 22.1. The van der Waals surface area contributed by atoms with Gasteiger partial charge in [-0.2, -0.15) is 0 Å². The molecule has 0 unspecified atom stereocenters. The first-order valence-corrected chi connectivity index (χ1v) is 6.15. The third-order valence-electron chi connectivity index (χ3n) is 3.24. The fourth-order valence-electron chi connectivity index (χ4n) is 2.54. The molecule has 0 saturated carbocycles. The van der Waals surface area contributed by atoms with E-state index in [0.717, 1.165) is 0 Å². The Morgan fingerprint density at radius 2 is 1.94 bits per heavy atom. The summed E-state index contributed by atoms with van der Waals surface area (Å²) in [7, 11) is 1.37. The van der Waals surface area contributed by atoms with Crippen molar-refractivity contribution in [3.63, 3.8) is 0 Å². The van der Waals surface area contributed by atoms with Crippen LogP contribution in [0.3, 0.4) is 0 Å². The van der Waals surface area contributed by atoms with Crippen LogP contribution in [0, 0.1) is 0 Å². The van der Waals surface area contributed by atoms with E-state index in [4.69, 9.17) is 14.2 Å². The number of carbonyl (C=O) groups is 1. The van der Waals surface area contributed by atoms with Crippen LogP contribution < -0.4 is 0 Å². The monoisotopic (exact) mass is 256 g/mol. The van der Waals surface area contributed by atoms with Gasteiger partial charge in [-0.3, -0.25) is 4.79 Å². The molecule has 0 spiro atoms. The maximum atomic E-state index is 11.4. The molecule has 2 aliphatic heterocycles. The van der Waals surface area contributed by atoms with Crippen molar-refractivity contribution < 1.29 is 23.7 Å². The van der Waals surface area contributed by atoms with Crippen LogP contribution >= 0.6 is 0 Å². The lowest BCUT2D eigenvalue weighted by Crippen LogP contribution is -2.31. The van der Waals surface area contributed by atoms with Gasteiger partial charge in [0.2, 0.25) is 0 Å². The fourth-order valence-corrected chi connectivity index (χ4v) is 2.54. The summed E-state index contributed by atoms with van der Waals surface area (Å²) in [6.07, 6.45) is 1.87. The van der Waals surface area contributed by atoms with Crippen molar-refractivity contribution in [2.75, 3.05) is 7.11 Å². The second-order valence-electron chi connectivity index (χ2n) is 5.08. The van der Waals surface area contributed by atoms with E-state index in [1.165, 1.54) is 7.11 Å². The number of carbonyl (C=O) groups excluding carboxylic acids is 1. The van der Waals surface area contributed by atoms with E-state index in [1.807, 2.05) is 13.8 Å². The fraction of sp³-hybridized carbons (Fsp3) is 0.769. The Balaban J connectivity index is 2.09. The molecule has 2 saturated heterocycles. The Morgan fingerprint density at radius 1 is 1.33 bits per heavy atom. The molecule has 0 amide bonds. The molecule has 0 N–H and O–H groups in total. The number of hydrogen-bond donors (Lipinski definition) is 0. The second kappa shape index (κ2) is 4.99. The summed E-state index contributed by atoms with van der Waals surface area (Å²) in [5.41, 5.74) is 0. The second-order valence-corrected chi connectivity index (χ2v) is 5.08. The minimum Gasteiger partial charge on any atom is -0.469 e. The third-order valence-corrected chi connectivity index (χ3v) is 3.24. The summed E-state index contributed by atoms with van der Waals surface area (Å²) in [4.78, 5) is 11.4. The summed E-state index contributed by atoms with van der Waals surface area (Å²) in [5, 5.41) is 0. The molecule has 2 heterocycles. The minimum atomic E-state index is -0.632. The van der Waals surface area contributed by atoms with E-state index < -0.39 is 5.79 Å². The van der Waals surface area contributed by atoms with Crippen molar-refractivity contribution in [2.45, 2.75) is 56.9 Å². The van der Waals surface area contributed by atoms with Gasteiger partial charge in [-0.15, -0.1) is 6.58 Å². The average Bonchev–Trinajstić information content (AvgIpc) is 2.76. The van der Waals surface area contributed by atoms with Gasteiger partial charge in [-0.05, 0) is 20.3 Å². The number of hydrogen-bond acceptors (Lipinski definition) is 5. The van der Waals surface area contributed by atoms with E-state index in [9.17, 15) is 4.79 Å². The molecule has 0 radical (unpaired) electrons. The average molecular weight is 256 g/mol. The highest BCUT2D eigenvalue weighted by molar-refractivity contribution is 5.70. The smallest absolute Gasteiger partial charge is 0.308 e. The highest BCUT2D eigenvalue weighted by atomic mass is 16.8. The Morgan fingerprint density at radius 3 is 2.50 bits per heavy atom. The molecule has 18 heavy (non-hydrogen) atoms. The van der Waals surface area contributed by atoms with Gasteiger partial charge in [0.1, 0.15) is 12.2 Å². The summed E-state index contributed by atoms with van der Waals surface area (Å²) in [6.45, 7) is 7.44. The van der Waals surface area contributed by atoms with Gasteiger partial charge in [-0.25, -0.2) is 0 Å². The maximum Gasteiger partial charge on any atom is 0.308 e. The van der Waals surface area contributed by atoms with Crippen LogP contribution in [0.2, 0.25) is 0 Å². The number of esters is 1. The third kappa shape index (κ3) is 2.58. The van der Waals surface area contributed by atoms with Crippen molar-refractivity contribution >= 4 is 5.97 Å². The van der Waals surface area contributed by atoms with Gasteiger partial charge >= 0.3 is 5.97 Å². The minimum absolute atomic E-state index is 0.107. The summed E-state index contributed by atoms with van der Waals surface area (Å²) in [5.74, 6) is -0.932. The SMILES string of the molecule is C=CC[C@@H]1O[C@H](CC(=O)OC)[C@H]2OC(C)(C)O[C@H]21. The lowest BCUT2D eigenvalue weighted by molar-refractivity contribution is -0.189. The predicted octanol–water partition coefficient (Wildman–Crippen LogP) is 1.41. The quantitative estimate of drug-likeness (QED) is 0.562. The van der Waals surface area contributed by atoms with E-state index >= 15 is 0 Å². The van der Waals surface area contributed by atoms with Crippen LogP contribution in [0.5, 0.6) is 0 Å². The number of rotatable bonds is 4. The van der Waals surface area contributed by atoms with Crippen LogP contribution in [0.4, 0.5) is 0 Å². The van der Waals surface area contributed by atoms with Crippen LogP contribution in [0.25, 0.3) is 0 Å². The molecule has 2 aliphatic rings. The molecular weight excluding hydrogens is 236 g/mol. The molecular formula is C13H20O5. The highest BCUT2D eigenvalue weighted by Gasteiger charge is 2.54. The number of fused-ring (bicyclic) bond motifs is 1. The molecule has 0 aromatic rings. The highest BCUT2D eigenvalue weighted by Crippen LogP contribution is 2.40. The lowest BCUT2D eigenvalue weighted by Gasteiger charge is -2.23. The molecule has 5 nitrogen and oxygen atoms in total. The Labute approximate surface area is 107 Å². The Kier molecular flexibility index (Phi) is 3.75. The largest absolute Gasteiger partial charge is 0.469 e. The van der Waals surface area contributed by atoms with E-state index in [0.29, 0.717) is 6.42 Å². The first-order chi connectivity index (χ1) is 8.46. The van der Waals surface area contributed by atoms with Gasteiger partial charge in [0.25, 0.3) is 0 Å². The Hall–Kier alpha value is -0.910. The lowest BCUT2D eigenvalue weighted by atomic mass is 10.0. The zero-order valence-corrected chi connectivity index (χ0v) is 11.0. The normalized spacial score (nSPS) is 37.3. The van der Waals surface area contributed by atoms with Gasteiger partial charge in [0.15, 0.2) is 5.79 Å². The van der Waals surface area contributed by atoms with Crippen molar-refractivity contribution in [3.05, 3.63) is 12.7 Å². The van der Waals surface area contributed by atoms with E-state index in [1.54, 1.807) is 6.08 Å². The maximum absolute atomic E-state index is 11.4. The topological polar surface area (TPSA) is 54.0 Å². The molecule has 4 atom stereocenters. The van der Waals surface area contributed by atoms with Crippen LogP contribution in [0.15, 0.2) is 12.7 Å². The molecule has 0 aromatic heterocycles. The van der Waals surface area contributed by atoms with Gasteiger partial charge < -0.3 is 18.9 Å². The molecule has 2 rings (SSSR count). The predicted molar refractivity (Wildman–Crippen MR) is 63.9 cm³/mol. The molecule has 0 aliphatic carbocycles. The number of ether oxygens (including phenoxy) is 4. The first kappa shape index (κ1) is 13.5. The summed E-state index contributed by atoms with van der Waals surface area (Å²) in [6, 6.07) is 0. The molecule has 102 valence electrons. The number of methoxy groups -OCH3 is 1. The molecule has 5 heteroatoms. The van der Waals surface area contributed by atoms with Gasteiger partial charge in [-0.1, -0.05) is 6.08 Å². The van der Waals surface area contributed by atoms with Gasteiger partial charge in [0, 0.05) is 0 Å². The van der Waals surface area contributed by atoms with Crippen LogP contribution in [0.1, 0.15) is 26.7 Å². The van der Waals surface area contributed by atoms with E-state index in [2.05, 4.69) is 11.3 Å². The van der Waals surface area contributed by atoms with E-state index in [-0.39, 0.29) is 36.8 Å². The van der Waals surface area contributed by atoms with Crippen molar-refractivity contribution in [1.82, 2.24) is 0 Å². The Bertz CT molecular complexity index is 338.